The maximum absolute atomic E-state index is 13.1. The number of ether oxygens (including phenoxy) is 1. The van der Waals surface area contributed by atoms with Crippen LogP contribution in [0.2, 0.25) is 0 Å². The summed E-state index contributed by atoms with van der Waals surface area (Å²) in [5.41, 5.74) is 6.72. The van der Waals surface area contributed by atoms with Gasteiger partial charge in [-0.2, -0.15) is 0 Å². The van der Waals surface area contributed by atoms with Crippen LogP contribution in [0.1, 0.15) is 25.3 Å². The Hall–Kier alpha value is -2.56. The van der Waals surface area contributed by atoms with Crippen LogP contribution in [0.3, 0.4) is 0 Å². The second kappa shape index (κ2) is 8.18. The fraction of sp³-hybridized carbons (Fsp3) is 0.500. The molecule has 4 rings (SSSR count). The molecule has 1 atom stereocenters. The number of nitrogens with zero attached hydrogens (tertiary/aromatic N) is 3. The third kappa shape index (κ3) is 4.86. The zero-order valence-electron chi connectivity index (χ0n) is 16.9. The Labute approximate surface area is 182 Å². The maximum Gasteiger partial charge on any atom is 0.573 e. The number of carbonyl (C=O) groups is 2. The van der Waals surface area contributed by atoms with Crippen LogP contribution in [-0.2, 0) is 11.3 Å². The number of rotatable bonds is 7. The van der Waals surface area contributed by atoms with E-state index in [-0.39, 0.29) is 23.8 Å². The number of amides is 3. The molecule has 7 nitrogen and oxygen atoms in total. The van der Waals surface area contributed by atoms with Crippen LogP contribution in [0, 0.1) is 5.92 Å². The molecule has 11 heteroatoms. The van der Waals surface area contributed by atoms with Crippen LogP contribution in [-0.4, -0.2) is 58.1 Å². The minimum atomic E-state index is -4.74. The molecule has 1 aliphatic carbocycles. The molecule has 2 heterocycles. The summed E-state index contributed by atoms with van der Waals surface area (Å²) >= 11 is 1.31. The molecule has 1 unspecified atom stereocenters. The topological polar surface area (TPSA) is 79.1 Å². The lowest BCUT2D eigenvalue weighted by Gasteiger charge is -2.34. The van der Waals surface area contributed by atoms with E-state index in [4.69, 9.17) is 5.73 Å². The summed E-state index contributed by atoms with van der Waals surface area (Å²) in [6.45, 7) is 3.89. The van der Waals surface area contributed by atoms with Gasteiger partial charge in [-0.3, -0.25) is 9.69 Å². The fourth-order valence-corrected chi connectivity index (χ4v) is 5.10. The lowest BCUT2D eigenvalue weighted by molar-refractivity contribution is -0.274. The first-order valence-electron chi connectivity index (χ1n) is 9.96. The average molecular weight is 456 g/mol. The van der Waals surface area contributed by atoms with Crippen molar-refractivity contribution in [1.29, 1.82) is 0 Å². The molecule has 0 bridgehead atoms. The Balaban J connectivity index is 1.42. The van der Waals surface area contributed by atoms with Gasteiger partial charge in [-0.1, -0.05) is 23.9 Å². The van der Waals surface area contributed by atoms with Crippen LogP contribution in [0.15, 0.2) is 34.9 Å². The van der Waals surface area contributed by atoms with Gasteiger partial charge in [0.15, 0.2) is 5.50 Å². The first-order chi connectivity index (χ1) is 14.6. The maximum atomic E-state index is 13.1. The Morgan fingerprint density at radius 2 is 1.90 bits per heavy atom. The summed E-state index contributed by atoms with van der Waals surface area (Å²) in [6, 6.07) is 5.32. The molecule has 2 aliphatic heterocycles. The fourth-order valence-electron chi connectivity index (χ4n) is 3.79. The van der Waals surface area contributed by atoms with E-state index in [1.165, 1.54) is 36.0 Å². The van der Waals surface area contributed by atoms with Crippen LogP contribution < -0.4 is 10.5 Å². The third-order valence-corrected chi connectivity index (χ3v) is 7.00. The van der Waals surface area contributed by atoms with Crippen LogP contribution >= 0.6 is 11.8 Å². The molecule has 2 fully saturated rings. The van der Waals surface area contributed by atoms with Gasteiger partial charge in [0.05, 0.1) is 4.91 Å². The molecule has 1 aromatic carbocycles. The van der Waals surface area contributed by atoms with Crippen molar-refractivity contribution >= 4 is 23.7 Å². The Bertz CT molecular complexity index is 902. The van der Waals surface area contributed by atoms with Gasteiger partial charge in [0, 0.05) is 31.9 Å². The number of primary amides is 1. The van der Waals surface area contributed by atoms with Crippen molar-refractivity contribution in [2.75, 3.05) is 19.6 Å². The predicted octanol–water partition coefficient (Wildman–Crippen LogP) is 3.28. The second-order valence-corrected chi connectivity index (χ2v) is 8.97. The highest BCUT2D eigenvalue weighted by molar-refractivity contribution is 8.04. The van der Waals surface area contributed by atoms with Crippen LogP contribution in [0.25, 0.3) is 0 Å². The van der Waals surface area contributed by atoms with Crippen molar-refractivity contribution < 1.29 is 27.5 Å². The number of hydrogen-bond acceptors (Lipinski definition) is 5. The standard InChI is InChI=1S/C20H23F3N4O3S/c1-12-16(17(24)28)31-19(27(12)11-14-2-3-14)26-9-8-25(18(26)29)10-13-4-6-15(7-5-13)30-20(21,22)23/h4-7,14,19H,2-3,8-11H2,1H3,(H2,24,28). The quantitative estimate of drug-likeness (QED) is 0.681. The number of hydrogen-bond donors (Lipinski definition) is 1. The third-order valence-electron chi connectivity index (χ3n) is 5.55. The number of alkyl halides is 3. The SMILES string of the molecule is CC1=C(C(N)=O)SC(N2CCN(Cc3ccc(OC(F)(F)F)cc3)C2=O)N1CC1CC1. The summed E-state index contributed by atoms with van der Waals surface area (Å²) in [6.07, 6.45) is -2.46. The van der Waals surface area contributed by atoms with Gasteiger partial charge >= 0.3 is 12.4 Å². The molecule has 1 aromatic rings. The first-order valence-corrected chi connectivity index (χ1v) is 10.8. The normalized spacial score (nSPS) is 22.0. The molecule has 3 amide bonds. The summed E-state index contributed by atoms with van der Waals surface area (Å²) in [7, 11) is 0. The Kier molecular flexibility index (Phi) is 5.71. The van der Waals surface area contributed by atoms with Gasteiger partial charge < -0.3 is 20.3 Å². The Morgan fingerprint density at radius 3 is 2.48 bits per heavy atom. The largest absolute Gasteiger partial charge is 0.573 e. The molecule has 0 radical (unpaired) electrons. The molecular formula is C20H23F3N4O3S. The van der Waals surface area contributed by atoms with Crippen molar-refractivity contribution in [1.82, 2.24) is 14.7 Å². The smallest absolute Gasteiger partial charge is 0.406 e. The molecule has 31 heavy (non-hydrogen) atoms. The minimum Gasteiger partial charge on any atom is -0.406 e. The summed E-state index contributed by atoms with van der Waals surface area (Å²) in [4.78, 5) is 30.9. The van der Waals surface area contributed by atoms with Gasteiger partial charge in [-0.15, -0.1) is 13.2 Å². The summed E-state index contributed by atoms with van der Waals surface area (Å²) < 4.78 is 40.8. The Morgan fingerprint density at radius 1 is 1.23 bits per heavy atom. The van der Waals surface area contributed by atoms with Crippen molar-refractivity contribution in [3.05, 3.63) is 40.4 Å². The second-order valence-electron chi connectivity index (χ2n) is 7.91. The number of allylic oxidation sites excluding steroid dienone is 1. The van der Waals surface area contributed by atoms with Gasteiger partial charge in [-0.25, -0.2) is 4.79 Å². The number of urea groups is 1. The highest BCUT2D eigenvalue weighted by Gasteiger charge is 2.44. The number of thioether (sulfide) groups is 1. The van der Waals surface area contributed by atoms with Crippen molar-refractivity contribution in [2.24, 2.45) is 11.7 Å². The van der Waals surface area contributed by atoms with E-state index >= 15 is 0 Å². The highest BCUT2D eigenvalue weighted by Crippen LogP contribution is 2.43. The molecule has 2 N–H and O–H groups in total. The monoisotopic (exact) mass is 456 g/mol. The van der Waals surface area contributed by atoms with Crippen molar-refractivity contribution in [2.45, 2.75) is 38.2 Å². The zero-order chi connectivity index (χ0) is 22.3. The molecule has 3 aliphatic rings. The molecular weight excluding hydrogens is 433 g/mol. The van der Waals surface area contributed by atoms with Gasteiger partial charge in [-0.05, 0) is 43.4 Å². The predicted molar refractivity (Wildman–Crippen MR) is 108 cm³/mol. The van der Waals surface area contributed by atoms with Gasteiger partial charge in [0.1, 0.15) is 5.75 Å². The van der Waals surface area contributed by atoms with E-state index in [0.717, 1.165) is 25.1 Å². The molecule has 0 aromatic heterocycles. The van der Waals surface area contributed by atoms with Crippen LogP contribution in [0.5, 0.6) is 5.75 Å². The summed E-state index contributed by atoms with van der Waals surface area (Å²) in [5, 5.41) is 0. The lowest BCUT2D eigenvalue weighted by Crippen LogP contribution is -2.46. The molecule has 1 saturated heterocycles. The molecule has 0 spiro atoms. The number of carbonyl (C=O) groups excluding carboxylic acids is 2. The van der Waals surface area contributed by atoms with E-state index in [0.29, 0.717) is 29.5 Å². The number of benzene rings is 1. The van der Waals surface area contributed by atoms with E-state index in [9.17, 15) is 22.8 Å². The number of nitrogens with two attached hydrogens (primary N) is 1. The first kappa shape index (κ1) is 21.7. The van der Waals surface area contributed by atoms with Gasteiger partial charge in [0.2, 0.25) is 0 Å². The lowest BCUT2D eigenvalue weighted by atomic mass is 10.2. The zero-order valence-corrected chi connectivity index (χ0v) is 17.7. The average Bonchev–Trinajstić information content (AvgIpc) is 3.36. The van der Waals surface area contributed by atoms with E-state index in [1.807, 2.05) is 6.92 Å². The number of halogens is 3. The van der Waals surface area contributed by atoms with Crippen LogP contribution in [0.4, 0.5) is 18.0 Å². The van der Waals surface area contributed by atoms with Crippen molar-refractivity contribution in [3.8, 4) is 5.75 Å². The summed E-state index contributed by atoms with van der Waals surface area (Å²) in [5.74, 6) is -0.226. The van der Waals surface area contributed by atoms with E-state index < -0.39 is 12.3 Å². The van der Waals surface area contributed by atoms with Crippen molar-refractivity contribution in [3.63, 3.8) is 0 Å². The molecule has 168 valence electrons. The van der Waals surface area contributed by atoms with E-state index in [1.54, 1.807) is 9.80 Å². The molecule has 1 saturated carbocycles. The highest BCUT2D eigenvalue weighted by atomic mass is 32.2. The van der Waals surface area contributed by atoms with Gasteiger partial charge in [0.25, 0.3) is 5.91 Å². The minimum absolute atomic E-state index is 0.174. The van der Waals surface area contributed by atoms with E-state index in [2.05, 4.69) is 9.64 Å².